The Kier molecular flexibility index (Phi) is 5.40. The van der Waals surface area contributed by atoms with Crippen LogP contribution in [0.1, 0.15) is 45.2 Å². The molecule has 0 amide bonds. The van der Waals surface area contributed by atoms with E-state index in [1.165, 1.54) is 31.4 Å². The molecule has 0 spiro atoms. The smallest absolute Gasteiger partial charge is 0.193 e. The highest BCUT2D eigenvalue weighted by molar-refractivity contribution is 7.15. The monoisotopic (exact) mass is 279 g/mol. The molecule has 0 saturated carbocycles. The Morgan fingerprint density at radius 2 is 2.05 bits per heavy atom. The second-order valence-corrected chi connectivity index (χ2v) is 6.13. The van der Waals surface area contributed by atoms with E-state index in [9.17, 15) is 0 Å². The molecule has 2 aromatic heterocycles. The average molecular weight is 279 g/mol. The van der Waals surface area contributed by atoms with Crippen LogP contribution in [0.25, 0.3) is 4.96 Å². The van der Waals surface area contributed by atoms with Crippen molar-refractivity contribution in [1.29, 1.82) is 0 Å². The van der Waals surface area contributed by atoms with E-state index < -0.39 is 0 Å². The van der Waals surface area contributed by atoms with Crippen LogP contribution in [0.2, 0.25) is 0 Å². The summed E-state index contributed by atoms with van der Waals surface area (Å²) in [4.78, 5) is 5.81. The molecular formula is C15H25N3S. The third-order valence-corrected chi connectivity index (χ3v) is 4.60. The number of aromatic nitrogens is 2. The Morgan fingerprint density at radius 3 is 2.63 bits per heavy atom. The molecule has 1 atom stereocenters. The van der Waals surface area contributed by atoms with Crippen LogP contribution in [0, 0.1) is 5.92 Å². The Hall–Kier alpha value is -0.870. The number of nitrogens with zero attached hydrogens (tertiary/aromatic N) is 2. The number of hydrogen-bond acceptors (Lipinski definition) is 3. The fraction of sp³-hybridized carbons (Fsp3) is 0.667. The zero-order valence-electron chi connectivity index (χ0n) is 12.2. The van der Waals surface area contributed by atoms with Gasteiger partial charge in [-0.2, -0.15) is 0 Å². The first kappa shape index (κ1) is 14.5. The summed E-state index contributed by atoms with van der Waals surface area (Å²) in [7, 11) is 2.08. The quantitative estimate of drug-likeness (QED) is 0.797. The molecule has 0 radical (unpaired) electrons. The normalized spacial score (nSPS) is 13.5. The van der Waals surface area contributed by atoms with E-state index in [-0.39, 0.29) is 0 Å². The van der Waals surface area contributed by atoms with Crippen LogP contribution in [-0.4, -0.2) is 22.5 Å². The van der Waals surface area contributed by atoms with E-state index in [2.05, 4.69) is 48.4 Å². The summed E-state index contributed by atoms with van der Waals surface area (Å²) in [5.41, 5.74) is 1.21. The summed E-state index contributed by atoms with van der Waals surface area (Å²) in [6.07, 6.45) is 10.4. The lowest BCUT2D eigenvalue weighted by Gasteiger charge is -2.26. The van der Waals surface area contributed by atoms with Gasteiger partial charge in [0.2, 0.25) is 0 Å². The van der Waals surface area contributed by atoms with E-state index >= 15 is 0 Å². The van der Waals surface area contributed by atoms with Gasteiger partial charge in [0.15, 0.2) is 4.96 Å². The molecule has 19 heavy (non-hydrogen) atoms. The van der Waals surface area contributed by atoms with Gasteiger partial charge in [-0.15, -0.1) is 11.3 Å². The third kappa shape index (κ3) is 3.57. The standard InChI is InChI=1S/C15H25N3S/c1-4-6-12(7-5-2)14(16-3)10-13-11-18-8-9-19-15(18)17-13/h8-9,11-12,14,16H,4-7,10H2,1-3H3. The van der Waals surface area contributed by atoms with Gasteiger partial charge in [-0.3, -0.25) is 4.40 Å². The van der Waals surface area contributed by atoms with E-state index in [4.69, 9.17) is 4.98 Å². The van der Waals surface area contributed by atoms with Gasteiger partial charge in [0.25, 0.3) is 0 Å². The number of likely N-dealkylation sites (N-methyl/N-ethyl adjacent to an activating group) is 1. The van der Waals surface area contributed by atoms with Gasteiger partial charge in [-0.1, -0.05) is 26.7 Å². The van der Waals surface area contributed by atoms with Crippen molar-refractivity contribution in [2.45, 2.75) is 52.0 Å². The highest BCUT2D eigenvalue weighted by Crippen LogP contribution is 2.21. The lowest BCUT2D eigenvalue weighted by atomic mass is 9.88. The highest BCUT2D eigenvalue weighted by Gasteiger charge is 2.20. The summed E-state index contributed by atoms with van der Waals surface area (Å²) in [5, 5.41) is 5.59. The van der Waals surface area contributed by atoms with Gasteiger partial charge in [-0.05, 0) is 25.8 Å². The number of thiazole rings is 1. The first-order chi connectivity index (χ1) is 9.28. The number of rotatable bonds is 8. The number of hydrogen-bond donors (Lipinski definition) is 1. The molecule has 0 aromatic carbocycles. The van der Waals surface area contributed by atoms with E-state index in [1.807, 2.05) is 0 Å². The van der Waals surface area contributed by atoms with Crippen molar-refractivity contribution in [3.8, 4) is 0 Å². The van der Waals surface area contributed by atoms with Crippen molar-refractivity contribution in [1.82, 2.24) is 14.7 Å². The average Bonchev–Trinajstić information content (AvgIpc) is 2.96. The SMILES string of the molecule is CCCC(CCC)C(Cc1cn2ccsc2n1)NC. The van der Waals surface area contributed by atoms with Gasteiger partial charge in [0.05, 0.1) is 5.69 Å². The molecule has 2 aromatic rings. The minimum absolute atomic E-state index is 0.546. The van der Waals surface area contributed by atoms with Crippen LogP contribution in [0.4, 0.5) is 0 Å². The topological polar surface area (TPSA) is 29.3 Å². The fourth-order valence-electron chi connectivity index (χ4n) is 2.89. The van der Waals surface area contributed by atoms with Crippen molar-refractivity contribution in [3.05, 3.63) is 23.5 Å². The maximum absolute atomic E-state index is 4.70. The number of imidazole rings is 1. The summed E-state index contributed by atoms with van der Waals surface area (Å²) >= 11 is 1.70. The van der Waals surface area contributed by atoms with E-state index in [1.54, 1.807) is 11.3 Å². The van der Waals surface area contributed by atoms with Crippen LogP contribution in [0.15, 0.2) is 17.8 Å². The predicted octanol–water partition coefficient (Wildman–Crippen LogP) is 3.74. The van der Waals surface area contributed by atoms with Gasteiger partial charge in [0, 0.05) is 30.2 Å². The van der Waals surface area contributed by atoms with E-state index in [0.29, 0.717) is 6.04 Å². The summed E-state index contributed by atoms with van der Waals surface area (Å²) in [5.74, 6) is 0.764. The molecule has 2 rings (SSSR count). The van der Waals surface area contributed by atoms with Crippen LogP contribution in [-0.2, 0) is 6.42 Å². The molecule has 0 bridgehead atoms. The lowest BCUT2D eigenvalue weighted by Crippen LogP contribution is -2.35. The van der Waals surface area contributed by atoms with Crippen LogP contribution in [0.5, 0.6) is 0 Å². The Balaban J connectivity index is 2.06. The molecule has 0 saturated heterocycles. The first-order valence-electron chi connectivity index (χ1n) is 7.36. The highest BCUT2D eigenvalue weighted by atomic mass is 32.1. The van der Waals surface area contributed by atoms with Crippen molar-refractivity contribution in [3.63, 3.8) is 0 Å². The molecule has 106 valence electrons. The summed E-state index contributed by atoms with van der Waals surface area (Å²) in [6.45, 7) is 4.56. The minimum atomic E-state index is 0.546. The summed E-state index contributed by atoms with van der Waals surface area (Å²) in [6, 6.07) is 0.546. The number of fused-ring (bicyclic) bond motifs is 1. The lowest BCUT2D eigenvalue weighted by molar-refractivity contribution is 0.321. The van der Waals surface area contributed by atoms with Crippen molar-refractivity contribution in [2.75, 3.05) is 7.05 Å². The van der Waals surface area contributed by atoms with E-state index in [0.717, 1.165) is 17.3 Å². The predicted molar refractivity (Wildman–Crippen MR) is 82.9 cm³/mol. The number of nitrogens with one attached hydrogen (secondary N) is 1. The van der Waals surface area contributed by atoms with Gasteiger partial charge >= 0.3 is 0 Å². The molecule has 1 N–H and O–H groups in total. The minimum Gasteiger partial charge on any atom is -0.316 e. The molecule has 0 aliphatic heterocycles. The van der Waals surface area contributed by atoms with Crippen LogP contribution < -0.4 is 5.32 Å². The zero-order chi connectivity index (χ0) is 13.7. The van der Waals surface area contributed by atoms with Crippen molar-refractivity contribution < 1.29 is 0 Å². The van der Waals surface area contributed by atoms with Gasteiger partial charge in [-0.25, -0.2) is 4.98 Å². The largest absolute Gasteiger partial charge is 0.316 e. The zero-order valence-corrected chi connectivity index (χ0v) is 13.0. The second-order valence-electron chi connectivity index (χ2n) is 5.26. The molecule has 3 nitrogen and oxygen atoms in total. The molecule has 0 aliphatic carbocycles. The van der Waals surface area contributed by atoms with Gasteiger partial charge < -0.3 is 5.32 Å². The van der Waals surface area contributed by atoms with Crippen molar-refractivity contribution in [2.24, 2.45) is 5.92 Å². The van der Waals surface area contributed by atoms with Gasteiger partial charge in [0.1, 0.15) is 0 Å². The van der Waals surface area contributed by atoms with Crippen molar-refractivity contribution >= 4 is 16.3 Å². The Labute approximate surface area is 120 Å². The molecule has 4 heteroatoms. The molecule has 0 fully saturated rings. The maximum atomic E-state index is 4.70. The molecule has 2 heterocycles. The van der Waals surface area contributed by atoms with Crippen LogP contribution >= 0.6 is 11.3 Å². The Bertz CT molecular complexity index is 454. The third-order valence-electron chi connectivity index (χ3n) is 3.83. The maximum Gasteiger partial charge on any atom is 0.193 e. The van der Waals surface area contributed by atoms with Crippen LogP contribution in [0.3, 0.4) is 0 Å². The second kappa shape index (κ2) is 7.06. The molecule has 1 unspecified atom stereocenters. The fourth-order valence-corrected chi connectivity index (χ4v) is 3.61. The summed E-state index contributed by atoms with van der Waals surface area (Å²) < 4.78 is 2.13. The molecule has 0 aliphatic rings. The first-order valence-corrected chi connectivity index (χ1v) is 8.24. The molecular weight excluding hydrogens is 254 g/mol. The Morgan fingerprint density at radius 1 is 1.32 bits per heavy atom.